The summed E-state index contributed by atoms with van der Waals surface area (Å²) in [4.78, 5) is 22.2. The van der Waals surface area contributed by atoms with Crippen LogP contribution in [0.2, 0.25) is 0 Å². The number of amides is 2. The van der Waals surface area contributed by atoms with Gasteiger partial charge in [-0.1, -0.05) is 12.1 Å². The molecule has 1 rings (SSSR count). The molecule has 2 amide bonds. The zero-order chi connectivity index (χ0) is 12.0. The summed E-state index contributed by atoms with van der Waals surface area (Å²) in [6, 6.07) is 6.81. The van der Waals surface area contributed by atoms with Crippen LogP contribution in [0.15, 0.2) is 24.3 Å². The summed E-state index contributed by atoms with van der Waals surface area (Å²) in [5, 5.41) is 5.14. The number of nitrogens with one attached hydrogen (secondary N) is 2. The van der Waals surface area contributed by atoms with Crippen LogP contribution in [-0.4, -0.2) is 24.9 Å². The van der Waals surface area contributed by atoms with Crippen molar-refractivity contribution in [3.05, 3.63) is 24.3 Å². The molecule has 1 aromatic carbocycles. The highest BCUT2D eigenvalue weighted by Crippen LogP contribution is 2.20. The second kappa shape index (κ2) is 5.84. The SMILES string of the molecule is NCC(=O)Nc1ccccc1NC(=O)CN. The van der Waals surface area contributed by atoms with E-state index in [9.17, 15) is 9.59 Å². The van der Waals surface area contributed by atoms with Crippen molar-refractivity contribution in [2.45, 2.75) is 0 Å². The molecule has 0 saturated heterocycles. The van der Waals surface area contributed by atoms with Crippen LogP contribution in [0.1, 0.15) is 0 Å². The molecular formula is C10H14N4O2. The van der Waals surface area contributed by atoms with Crippen LogP contribution in [0, 0.1) is 0 Å². The summed E-state index contributed by atoms with van der Waals surface area (Å²) in [6.45, 7) is -0.224. The fraction of sp³-hybridized carbons (Fsp3) is 0.200. The van der Waals surface area contributed by atoms with E-state index in [1.165, 1.54) is 0 Å². The van der Waals surface area contributed by atoms with Gasteiger partial charge in [-0.25, -0.2) is 0 Å². The second-order valence-electron chi connectivity index (χ2n) is 3.05. The first-order valence-corrected chi connectivity index (χ1v) is 4.76. The van der Waals surface area contributed by atoms with Gasteiger partial charge in [-0.05, 0) is 12.1 Å². The number of carbonyl (C=O) groups is 2. The summed E-state index contributed by atoms with van der Waals surface area (Å²) in [6.07, 6.45) is 0. The molecule has 0 spiro atoms. The fourth-order valence-corrected chi connectivity index (χ4v) is 1.10. The second-order valence-corrected chi connectivity index (χ2v) is 3.05. The first kappa shape index (κ1) is 12.2. The van der Waals surface area contributed by atoms with E-state index in [0.717, 1.165) is 0 Å². The molecular weight excluding hydrogens is 208 g/mol. The minimum absolute atomic E-state index is 0.112. The Kier molecular flexibility index (Phi) is 4.43. The highest BCUT2D eigenvalue weighted by atomic mass is 16.2. The molecule has 0 aromatic heterocycles. The molecule has 0 unspecified atom stereocenters. The van der Waals surface area contributed by atoms with E-state index < -0.39 is 0 Å². The van der Waals surface area contributed by atoms with Crippen LogP contribution < -0.4 is 22.1 Å². The van der Waals surface area contributed by atoms with Gasteiger partial charge in [0.1, 0.15) is 0 Å². The van der Waals surface area contributed by atoms with Crippen molar-refractivity contribution in [3.63, 3.8) is 0 Å². The summed E-state index contributed by atoms with van der Waals surface area (Å²) >= 11 is 0. The Morgan fingerprint density at radius 3 is 1.62 bits per heavy atom. The lowest BCUT2D eigenvalue weighted by molar-refractivity contribution is -0.115. The summed E-state index contributed by atoms with van der Waals surface area (Å²) < 4.78 is 0. The van der Waals surface area contributed by atoms with E-state index in [1.54, 1.807) is 24.3 Å². The van der Waals surface area contributed by atoms with Crippen LogP contribution in [0.3, 0.4) is 0 Å². The third kappa shape index (κ3) is 3.34. The minimum atomic E-state index is -0.325. The number of nitrogens with two attached hydrogens (primary N) is 2. The number of para-hydroxylation sites is 2. The quantitative estimate of drug-likeness (QED) is 0.549. The van der Waals surface area contributed by atoms with Gasteiger partial charge in [-0.3, -0.25) is 9.59 Å². The van der Waals surface area contributed by atoms with Gasteiger partial charge in [-0.15, -0.1) is 0 Å². The largest absolute Gasteiger partial charge is 0.323 e. The number of benzene rings is 1. The maximum Gasteiger partial charge on any atom is 0.238 e. The van der Waals surface area contributed by atoms with E-state index in [-0.39, 0.29) is 24.9 Å². The van der Waals surface area contributed by atoms with Crippen molar-refractivity contribution in [3.8, 4) is 0 Å². The standard InChI is InChI=1S/C10H14N4O2/c11-5-9(15)13-7-3-1-2-4-8(7)14-10(16)6-12/h1-4H,5-6,11-12H2,(H,13,15)(H,14,16). The van der Waals surface area contributed by atoms with Crippen molar-refractivity contribution < 1.29 is 9.59 Å². The van der Waals surface area contributed by atoms with Crippen molar-refractivity contribution in [1.82, 2.24) is 0 Å². The van der Waals surface area contributed by atoms with Gasteiger partial charge in [0.2, 0.25) is 11.8 Å². The smallest absolute Gasteiger partial charge is 0.238 e. The molecule has 86 valence electrons. The number of hydrogen-bond donors (Lipinski definition) is 4. The van der Waals surface area contributed by atoms with E-state index in [1.807, 2.05) is 0 Å². The highest BCUT2D eigenvalue weighted by molar-refractivity contribution is 6.00. The Morgan fingerprint density at radius 2 is 1.31 bits per heavy atom. The molecule has 0 atom stereocenters. The van der Waals surface area contributed by atoms with Gasteiger partial charge < -0.3 is 22.1 Å². The monoisotopic (exact) mass is 222 g/mol. The number of carbonyl (C=O) groups excluding carboxylic acids is 2. The van der Waals surface area contributed by atoms with Gasteiger partial charge in [0, 0.05) is 0 Å². The summed E-state index contributed by atoms with van der Waals surface area (Å²) in [5.41, 5.74) is 11.4. The molecule has 6 heteroatoms. The lowest BCUT2D eigenvalue weighted by atomic mass is 10.2. The van der Waals surface area contributed by atoms with E-state index in [0.29, 0.717) is 11.4 Å². The van der Waals surface area contributed by atoms with Crippen LogP contribution in [-0.2, 0) is 9.59 Å². The third-order valence-corrected chi connectivity index (χ3v) is 1.85. The maximum atomic E-state index is 11.1. The van der Waals surface area contributed by atoms with Crippen LogP contribution in [0.4, 0.5) is 11.4 Å². The molecule has 0 radical (unpaired) electrons. The summed E-state index contributed by atoms with van der Waals surface area (Å²) in [5.74, 6) is -0.649. The predicted octanol–water partition coefficient (Wildman–Crippen LogP) is -0.519. The highest BCUT2D eigenvalue weighted by Gasteiger charge is 2.06. The Bertz CT molecular complexity index is 355. The molecule has 16 heavy (non-hydrogen) atoms. The molecule has 0 aliphatic rings. The Hall–Kier alpha value is -1.92. The van der Waals surface area contributed by atoms with E-state index in [2.05, 4.69) is 10.6 Å². The predicted molar refractivity (Wildman–Crippen MR) is 61.8 cm³/mol. The topological polar surface area (TPSA) is 110 Å². The molecule has 6 N–H and O–H groups in total. The number of anilines is 2. The first-order valence-electron chi connectivity index (χ1n) is 4.76. The average Bonchev–Trinajstić information content (AvgIpc) is 2.31. The third-order valence-electron chi connectivity index (χ3n) is 1.85. The zero-order valence-electron chi connectivity index (χ0n) is 8.69. The maximum absolute atomic E-state index is 11.1. The van der Waals surface area contributed by atoms with Gasteiger partial charge in [0.05, 0.1) is 24.5 Å². The Morgan fingerprint density at radius 1 is 0.938 bits per heavy atom. The summed E-state index contributed by atoms with van der Waals surface area (Å²) in [7, 11) is 0. The molecule has 0 bridgehead atoms. The van der Waals surface area contributed by atoms with Gasteiger partial charge >= 0.3 is 0 Å². The van der Waals surface area contributed by atoms with Gasteiger partial charge in [-0.2, -0.15) is 0 Å². The molecule has 1 aromatic rings. The van der Waals surface area contributed by atoms with E-state index in [4.69, 9.17) is 11.5 Å². The van der Waals surface area contributed by atoms with Crippen LogP contribution in [0.25, 0.3) is 0 Å². The lowest BCUT2D eigenvalue weighted by Crippen LogP contribution is -2.25. The molecule has 6 nitrogen and oxygen atoms in total. The molecule has 0 aliphatic carbocycles. The normalized spacial score (nSPS) is 9.62. The van der Waals surface area contributed by atoms with Gasteiger partial charge in [0.25, 0.3) is 0 Å². The van der Waals surface area contributed by atoms with Crippen LogP contribution in [0.5, 0.6) is 0 Å². The molecule has 0 aliphatic heterocycles. The van der Waals surface area contributed by atoms with E-state index >= 15 is 0 Å². The lowest BCUT2D eigenvalue weighted by Gasteiger charge is -2.10. The van der Waals surface area contributed by atoms with Crippen molar-refractivity contribution in [1.29, 1.82) is 0 Å². The number of rotatable bonds is 4. The molecule has 0 fully saturated rings. The average molecular weight is 222 g/mol. The zero-order valence-corrected chi connectivity index (χ0v) is 8.69. The molecule has 0 saturated carbocycles. The Balaban J connectivity index is 2.83. The van der Waals surface area contributed by atoms with Crippen molar-refractivity contribution in [2.75, 3.05) is 23.7 Å². The van der Waals surface area contributed by atoms with Crippen molar-refractivity contribution >= 4 is 23.2 Å². The van der Waals surface area contributed by atoms with Gasteiger partial charge in [0.15, 0.2) is 0 Å². The molecule has 0 heterocycles. The number of hydrogen-bond acceptors (Lipinski definition) is 4. The van der Waals surface area contributed by atoms with Crippen molar-refractivity contribution in [2.24, 2.45) is 11.5 Å². The first-order chi connectivity index (χ1) is 7.67. The van der Waals surface area contributed by atoms with Crippen LogP contribution >= 0.6 is 0 Å². The minimum Gasteiger partial charge on any atom is -0.323 e. The fourth-order valence-electron chi connectivity index (χ4n) is 1.10. The Labute approximate surface area is 93.0 Å².